The average Bonchev–Trinajstić information content (AvgIpc) is 2.27. The molecule has 4 N–H and O–H groups in total. The highest BCUT2D eigenvalue weighted by atomic mass is 19.1. The molecule has 0 aliphatic carbocycles. The molecule has 1 rings (SSSR count). The zero-order valence-electron chi connectivity index (χ0n) is 10.7. The van der Waals surface area contributed by atoms with Crippen LogP contribution in [0.4, 0.5) is 10.1 Å². The Bertz CT molecular complexity index is 435. The Morgan fingerprint density at radius 2 is 2.17 bits per heavy atom. The van der Waals surface area contributed by atoms with Gasteiger partial charge in [0.2, 0.25) is 0 Å². The fourth-order valence-electron chi connectivity index (χ4n) is 1.70. The molecule has 0 aromatic heterocycles. The van der Waals surface area contributed by atoms with Crippen molar-refractivity contribution in [1.82, 2.24) is 0 Å². The van der Waals surface area contributed by atoms with Crippen LogP contribution in [-0.2, 0) is 0 Å². The minimum Gasteiger partial charge on any atom is -0.490 e. The molecule has 0 spiro atoms. The molecule has 1 amide bonds. The Balaban J connectivity index is 2.82. The zero-order valence-corrected chi connectivity index (χ0v) is 10.7. The normalized spacial score (nSPS) is 12.2. The Morgan fingerprint density at radius 3 is 2.72 bits per heavy atom. The third-order valence-corrected chi connectivity index (χ3v) is 2.67. The van der Waals surface area contributed by atoms with Crippen LogP contribution in [-0.4, -0.2) is 12.5 Å². The minimum absolute atomic E-state index is 0.0148. The van der Waals surface area contributed by atoms with Gasteiger partial charge in [-0.1, -0.05) is 20.3 Å². The predicted octanol–water partition coefficient (Wildman–Crippen LogP) is 2.32. The molecular formula is C13H19FN2O2. The van der Waals surface area contributed by atoms with E-state index in [0.717, 1.165) is 18.9 Å². The summed E-state index contributed by atoms with van der Waals surface area (Å²) < 4.78 is 18.9. The molecule has 1 atom stereocenters. The first-order valence-electron chi connectivity index (χ1n) is 5.97. The number of carbonyl (C=O) groups is 1. The zero-order chi connectivity index (χ0) is 13.7. The summed E-state index contributed by atoms with van der Waals surface area (Å²) in [5.74, 6) is -0.940. The molecule has 0 fully saturated rings. The van der Waals surface area contributed by atoms with Gasteiger partial charge in [0.05, 0.1) is 12.2 Å². The fraction of sp³-hybridized carbons (Fsp3) is 0.462. The Hall–Kier alpha value is -1.78. The van der Waals surface area contributed by atoms with Gasteiger partial charge in [-0.25, -0.2) is 4.39 Å². The first-order chi connectivity index (χ1) is 8.45. The van der Waals surface area contributed by atoms with E-state index < -0.39 is 11.7 Å². The van der Waals surface area contributed by atoms with Crippen LogP contribution in [0.3, 0.4) is 0 Å². The molecule has 1 aromatic rings. The van der Waals surface area contributed by atoms with Gasteiger partial charge in [0, 0.05) is 11.8 Å². The van der Waals surface area contributed by atoms with Gasteiger partial charge in [0.1, 0.15) is 0 Å². The molecular weight excluding hydrogens is 235 g/mol. The van der Waals surface area contributed by atoms with Gasteiger partial charge < -0.3 is 16.2 Å². The molecule has 1 unspecified atom stereocenters. The lowest BCUT2D eigenvalue weighted by atomic mass is 10.1. The highest BCUT2D eigenvalue weighted by Crippen LogP contribution is 2.24. The van der Waals surface area contributed by atoms with Crippen molar-refractivity contribution in [3.63, 3.8) is 0 Å². The molecule has 100 valence electrons. The van der Waals surface area contributed by atoms with E-state index in [0.29, 0.717) is 12.5 Å². The molecule has 0 radical (unpaired) electrons. The number of halogens is 1. The summed E-state index contributed by atoms with van der Waals surface area (Å²) in [7, 11) is 0. The number of rotatable bonds is 6. The summed E-state index contributed by atoms with van der Waals surface area (Å²) in [6.45, 7) is 4.49. The SMILES string of the molecule is CCCC(C)COc1cc(C(N)=O)c(N)cc1F. The second kappa shape index (κ2) is 6.23. The van der Waals surface area contributed by atoms with Gasteiger partial charge in [0.25, 0.3) is 5.91 Å². The van der Waals surface area contributed by atoms with Crippen molar-refractivity contribution in [2.45, 2.75) is 26.7 Å². The van der Waals surface area contributed by atoms with Crippen LogP contribution in [0.1, 0.15) is 37.0 Å². The van der Waals surface area contributed by atoms with Crippen molar-refractivity contribution in [2.24, 2.45) is 11.7 Å². The maximum atomic E-state index is 13.6. The van der Waals surface area contributed by atoms with Crippen molar-refractivity contribution < 1.29 is 13.9 Å². The minimum atomic E-state index is -0.695. The number of ether oxygens (including phenoxy) is 1. The first-order valence-corrected chi connectivity index (χ1v) is 5.97. The number of anilines is 1. The molecule has 0 aliphatic rings. The van der Waals surface area contributed by atoms with Gasteiger partial charge in [-0.2, -0.15) is 0 Å². The molecule has 0 heterocycles. The van der Waals surface area contributed by atoms with Gasteiger partial charge >= 0.3 is 0 Å². The number of nitrogens with two attached hydrogens (primary N) is 2. The van der Waals surface area contributed by atoms with Gasteiger partial charge in [-0.05, 0) is 18.4 Å². The fourth-order valence-corrected chi connectivity index (χ4v) is 1.70. The summed E-state index contributed by atoms with van der Waals surface area (Å²) in [6, 6.07) is 2.31. The van der Waals surface area contributed by atoms with Gasteiger partial charge in [-0.15, -0.1) is 0 Å². The third kappa shape index (κ3) is 3.61. The summed E-state index contributed by atoms with van der Waals surface area (Å²) in [6.07, 6.45) is 2.04. The highest BCUT2D eigenvalue weighted by Gasteiger charge is 2.13. The van der Waals surface area contributed by atoms with Crippen molar-refractivity contribution in [2.75, 3.05) is 12.3 Å². The van der Waals surface area contributed by atoms with E-state index >= 15 is 0 Å². The number of nitrogen functional groups attached to an aromatic ring is 1. The lowest BCUT2D eigenvalue weighted by Crippen LogP contribution is -2.15. The predicted molar refractivity (Wildman–Crippen MR) is 68.9 cm³/mol. The number of benzene rings is 1. The van der Waals surface area contributed by atoms with E-state index in [1.807, 2.05) is 6.92 Å². The number of hydrogen-bond donors (Lipinski definition) is 2. The van der Waals surface area contributed by atoms with Crippen molar-refractivity contribution >= 4 is 11.6 Å². The molecule has 0 bridgehead atoms. The number of hydrogen-bond acceptors (Lipinski definition) is 3. The van der Waals surface area contributed by atoms with Crippen LogP contribution < -0.4 is 16.2 Å². The number of primary amides is 1. The lowest BCUT2D eigenvalue weighted by Gasteiger charge is -2.14. The lowest BCUT2D eigenvalue weighted by molar-refractivity contribution is 0.100. The van der Waals surface area contributed by atoms with E-state index in [9.17, 15) is 9.18 Å². The second-order valence-electron chi connectivity index (χ2n) is 4.44. The van der Waals surface area contributed by atoms with E-state index in [2.05, 4.69) is 6.92 Å². The van der Waals surface area contributed by atoms with Crippen molar-refractivity contribution in [3.8, 4) is 5.75 Å². The van der Waals surface area contributed by atoms with Crippen LogP contribution in [0.25, 0.3) is 0 Å². The third-order valence-electron chi connectivity index (χ3n) is 2.67. The maximum absolute atomic E-state index is 13.6. The second-order valence-corrected chi connectivity index (χ2v) is 4.44. The molecule has 5 heteroatoms. The van der Waals surface area contributed by atoms with Crippen LogP contribution in [0.15, 0.2) is 12.1 Å². The largest absolute Gasteiger partial charge is 0.490 e. The topological polar surface area (TPSA) is 78.3 Å². The quantitative estimate of drug-likeness (QED) is 0.765. The maximum Gasteiger partial charge on any atom is 0.250 e. The molecule has 1 aromatic carbocycles. The number of amides is 1. The Kier molecular flexibility index (Phi) is 4.95. The van der Waals surface area contributed by atoms with Gasteiger partial charge in [-0.3, -0.25) is 4.79 Å². The van der Waals surface area contributed by atoms with Crippen LogP contribution in [0, 0.1) is 11.7 Å². The van der Waals surface area contributed by atoms with Gasteiger partial charge in [0.15, 0.2) is 11.6 Å². The summed E-state index contributed by atoms with van der Waals surface area (Å²) in [5.41, 5.74) is 10.7. The Labute approximate surface area is 106 Å². The highest BCUT2D eigenvalue weighted by molar-refractivity contribution is 5.98. The van der Waals surface area contributed by atoms with Crippen LogP contribution in [0.2, 0.25) is 0 Å². The Morgan fingerprint density at radius 1 is 1.50 bits per heavy atom. The molecule has 4 nitrogen and oxygen atoms in total. The summed E-state index contributed by atoms with van der Waals surface area (Å²) in [5, 5.41) is 0. The van der Waals surface area contributed by atoms with E-state index in [-0.39, 0.29) is 17.0 Å². The summed E-state index contributed by atoms with van der Waals surface area (Å²) in [4.78, 5) is 11.1. The number of carbonyl (C=O) groups excluding carboxylic acids is 1. The average molecular weight is 254 g/mol. The molecule has 0 saturated carbocycles. The van der Waals surface area contributed by atoms with Crippen LogP contribution in [0.5, 0.6) is 5.75 Å². The van der Waals surface area contributed by atoms with Crippen molar-refractivity contribution in [3.05, 3.63) is 23.5 Å². The van der Waals surface area contributed by atoms with Crippen LogP contribution >= 0.6 is 0 Å². The molecule has 0 aliphatic heterocycles. The van der Waals surface area contributed by atoms with E-state index in [4.69, 9.17) is 16.2 Å². The van der Waals surface area contributed by atoms with E-state index in [1.165, 1.54) is 6.07 Å². The van der Waals surface area contributed by atoms with E-state index in [1.54, 1.807) is 0 Å². The molecule has 18 heavy (non-hydrogen) atoms. The smallest absolute Gasteiger partial charge is 0.250 e. The monoisotopic (exact) mass is 254 g/mol. The standard InChI is InChI=1S/C13H19FN2O2/c1-3-4-8(2)7-18-12-5-9(13(16)17)11(15)6-10(12)14/h5-6,8H,3-4,7,15H2,1-2H3,(H2,16,17). The first kappa shape index (κ1) is 14.3. The van der Waals surface area contributed by atoms with Crippen molar-refractivity contribution in [1.29, 1.82) is 0 Å². The molecule has 0 saturated heterocycles. The summed E-state index contributed by atoms with van der Waals surface area (Å²) >= 11 is 0.